The first-order chi connectivity index (χ1) is 4.95. The van der Waals surface area contributed by atoms with Crippen molar-refractivity contribution in [1.82, 2.24) is 0 Å². The standard InChI is InChI=1S/C8H15ClO2/c1-5(4-6(2)9)7(3)8(10)11/h5-7H,4H2,1-3H3,(H,10,11). The zero-order chi connectivity index (χ0) is 9.02. The van der Waals surface area contributed by atoms with Crippen molar-refractivity contribution in [3.05, 3.63) is 0 Å². The molecule has 1 N–H and O–H groups in total. The highest BCUT2D eigenvalue weighted by molar-refractivity contribution is 6.20. The maximum Gasteiger partial charge on any atom is 0.306 e. The van der Waals surface area contributed by atoms with Crippen molar-refractivity contribution >= 4 is 17.6 Å². The minimum Gasteiger partial charge on any atom is -0.481 e. The van der Waals surface area contributed by atoms with Crippen LogP contribution in [-0.2, 0) is 4.79 Å². The van der Waals surface area contributed by atoms with Crippen LogP contribution in [0.5, 0.6) is 0 Å². The molecule has 0 bridgehead atoms. The third-order valence-corrected chi connectivity index (χ3v) is 2.12. The molecule has 66 valence electrons. The van der Waals surface area contributed by atoms with Crippen molar-refractivity contribution in [3.8, 4) is 0 Å². The summed E-state index contributed by atoms with van der Waals surface area (Å²) in [5.74, 6) is -0.883. The molecule has 3 unspecified atom stereocenters. The molecule has 0 aromatic carbocycles. The quantitative estimate of drug-likeness (QED) is 0.672. The van der Waals surface area contributed by atoms with E-state index in [4.69, 9.17) is 16.7 Å². The molecule has 0 radical (unpaired) electrons. The van der Waals surface area contributed by atoms with Crippen LogP contribution in [0.25, 0.3) is 0 Å². The number of halogens is 1. The number of alkyl halides is 1. The van der Waals surface area contributed by atoms with E-state index >= 15 is 0 Å². The van der Waals surface area contributed by atoms with Gasteiger partial charge in [-0.1, -0.05) is 13.8 Å². The Hall–Kier alpha value is -0.240. The Morgan fingerprint density at radius 3 is 2.18 bits per heavy atom. The molecular formula is C8H15ClO2. The van der Waals surface area contributed by atoms with Crippen LogP contribution in [0.3, 0.4) is 0 Å². The van der Waals surface area contributed by atoms with Crippen LogP contribution in [-0.4, -0.2) is 16.5 Å². The molecule has 0 aliphatic carbocycles. The van der Waals surface area contributed by atoms with Gasteiger partial charge in [0.1, 0.15) is 0 Å². The highest BCUT2D eigenvalue weighted by atomic mass is 35.5. The molecule has 0 aromatic heterocycles. The maximum atomic E-state index is 10.5. The predicted octanol–water partition coefficient (Wildman–Crippen LogP) is 2.36. The van der Waals surface area contributed by atoms with Gasteiger partial charge in [0, 0.05) is 5.38 Å². The van der Waals surface area contributed by atoms with E-state index in [0.717, 1.165) is 6.42 Å². The highest BCUT2D eigenvalue weighted by Crippen LogP contribution is 2.19. The number of carboxylic acid groups (broad SMARTS) is 1. The molecule has 11 heavy (non-hydrogen) atoms. The molecule has 0 aliphatic heterocycles. The summed E-state index contributed by atoms with van der Waals surface area (Å²) in [6.07, 6.45) is 0.759. The van der Waals surface area contributed by atoms with Gasteiger partial charge >= 0.3 is 5.97 Å². The molecule has 3 heteroatoms. The fourth-order valence-corrected chi connectivity index (χ4v) is 1.24. The molecule has 2 nitrogen and oxygen atoms in total. The van der Waals surface area contributed by atoms with E-state index in [1.165, 1.54) is 0 Å². The van der Waals surface area contributed by atoms with Crippen LogP contribution < -0.4 is 0 Å². The molecule has 0 saturated carbocycles. The van der Waals surface area contributed by atoms with Crippen LogP contribution in [0, 0.1) is 11.8 Å². The van der Waals surface area contributed by atoms with E-state index in [1.54, 1.807) is 6.92 Å². The van der Waals surface area contributed by atoms with Gasteiger partial charge in [-0.3, -0.25) is 4.79 Å². The molecule has 3 atom stereocenters. The predicted molar refractivity (Wildman–Crippen MR) is 45.9 cm³/mol. The Labute approximate surface area is 72.6 Å². The molecule has 0 saturated heterocycles. The SMILES string of the molecule is CC(Cl)CC(C)C(C)C(=O)O. The van der Waals surface area contributed by atoms with Crippen LogP contribution in [0.15, 0.2) is 0 Å². The average Bonchev–Trinajstić information content (AvgIpc) is 1.84. The second kappa shape index (κ2) is 4.60. The number of hydrogen-bond donors (Lipinski definition) is 1. The van der Waals surface area contributed by atoms with E-state index in [0.29, 0.717) is 0 Å². The minimum absolute atomic E-state index is 0.0619. The van der Waals surface area contributed by atoms with Crippen LogP contribution in [0.4, 0.5) is 0 Å². The highest BCUT2D eigenvalue weighted by Gasteiger charge is 2.20. The van der Waals surface area contributed by atoms with Gasteiger partial charge in [0.2, 0.25) is 0 Å². The zero-order valence-electron chi connectivity index (χ0n) is 7.17. The first-order valence-corrected chi connectivity index (χ1v) is 4.25. The normalized spacial score (nSPS) is 18.9. The lowest BCUT2D eigenvalue weighted by molar-refractivity contribution is -0.142. The van der Waals surface area contributed by atoms with Gasteiger partial charge < -0.3 is 5.11 Å². The largest absolute Gasteiger partial charge is 0.481 e. The van der Waals surface area contributed by atoms with Gasteiger partial charge in [-0.2, -0.15) is 0 Å². The zero-order valence-corrected chi connectivity index (χ0v) is 7.93. The lowest BCUT2D eigenvalue weighted by atomic mass is 9.92. The topological polar surface area (TPSA) is 37.3 Å². The summed E-state index contributed by atoms with van der Waals surface area (Å²) >= 11 is 5.73. The summed E-state index contributed by atoms with van der Waals surface area (Å²) in [7, 11) is 0. The van der Waals surface area contributed by atoms with E-state index in [1.807, 2.05) is 13.8 Å². The van der Waals surface area contributed by atoms with Crippen molar-refractivity contribution < 1.29 is 9.90 Å². The van der Waals surface area contributed by atoms with Gasteiger partial charge in [-0.25, -0.2) is 0 Å². The summed E-state index contributed by atoms with van der Waals surface area (Å²) in [5, 5.41) is 8.68. The van der Waals surface area contributed by atoms with E-state index in [2.05, 4.69) is 0 Å². The Balaban J connectivity index is 3.82. The third-order valence-electron chi connectivity index (χ3n) is 1.94. The first-order valence-electron chi connectivity index (χ1n) is 3.82. The molecule has 0 rings (SSSR count). The minimum atomic E-state index is -0.741. The lowest BCUT2D eigenvalue weighted by Crippen LogP contribution is -2.20. The van der Waals surface area contributed by atoms with E-state index in [9.17, 15) is 4.79 Å². The Morgan fingerprint density at radius 2 is 1.91 bits per heavy atom. The van der Waals surface area contributed by atoms with Crippen molar-refractivity contribution in [1.29, 1.82) is 0 Å². The second-order valence-corrected chi connectivity index (χ2v) is 3.87. The maximum absolute atomic E-state index is 10.5. The monoisotopic (exact) mass is 178 g/mol. The van der Waals surface area contributed by atoms with Crippen LogP contribution >= 0.6 is 11.6 Å². The summed E-state index contributed by atoms with van der Waals surface area (Å²) < 4.78 is 0. The third kappa shape index (κ3) is 4.25. The Morgan fingerprint density at radius 1 is 1.45 bits per heavy atom. The molecule has 0 spiro atoms. The van der Waals surface area contributed by atoms with Crippen molar-refractivity contribution in [3.63, 3.8) is 0 Å². The summed E-state index contributed by atoms with van der Waals surface area (Å²) in [6, 6.07) is 0. The number of hydrogen-bond acceptors (Lipinski definition) is 1. The van der Waals surface area contributed by atoms with E-state index in [-0.39, 0.29) is 17.2 Å². The molecule has 0 amide bonds. The lowest BCUT2D eigenvalue weighted by Gasteiger charge is -2.16. The summed E-state index contributed by atoms with van der Waals surface area (Å²) in [4.78, 5) is 10.5. The van der Waals surface area contributed by atoms with Gasteiger partial charge in [0.05, 0.1) is 5.92 Å². The van der Waals surface area contributed by atoms with Crippen molar-refractivity contribution in [2.24, 2.45) is 11.8 Å². The van der Waals surface area contributed by atoms with Crippen molar-refractivity contribution in [2.45, 2.75) is 32.6 Å². The molecule has 0 heterocycles. The van der Waals surface area contributed by atoms with Crippen molar-refractivity contribution in [2.75, 3.05) is 0 Å². The van der Waals surface area contributed by atoms with Gasteiger partial charge in [0.25, 0.3) is 0 Å². The molecule has 0 aliphatic rings. The second-order valence-electron chi connectivity index (χ2n) is 3.12. The van der Waals surface area contributed by atoms with Gasteiger partial charge in [-0.15, -0.1) is 11.6 Å². The number of carbonyl (C=O) groups is 1. The summed E-state index contributed by atoms with van der Waals surface area (Å²) in [6.45, 7) is 5.51. The molecular weight excluding hydrogens is 164 g/mol. The molecule has 0 fully saturated rings. The van der Waals surface area contributed by atoms with Gasteiger partial charge in [-0.05, 0) is 19.3 Å². The van der Waals surface area contributed by atoms with Crippen LogP contribution in [0.2, 0.25) is 0 Å². The first kappa shape index (κ1) is 10.8. The smallest absolute Gasteiger partial charge is 0.306 e. The Bertz CT molecular complexity index is 134. The number of aliphatic carboxylic acids is 1. The van der Waals surface area contributed by atoms with Gasteiger partial charge in [0.15, 0.2) is 0 Å². The fourth-order valence-electron chi connectivity index (χ4n) is 0.960. The molecule has 0 aromatic rings. The number of rotatable bonds is 4. The van der Waals surface area contributed by atoms with E-state index < -0.39 is 5.97 Å². The number of carboxylic acids is 1. The fraction of sp³-hybridized carbons (Fsp3) is 0.875. The summed E-state index contributed by atoms with van der Waals surface area (Å²) in [5.41, 5.74) is 0. The Kier molecular flexibility index (Phi) is 4.50. The average molecular weight is 179 g/mol. The van der Waals surface area contributed by atoms with Crippen LogP contribution in [0.1, 0.15) is 27.2 Å².